The first-order valence-electron chi connectivity index (χ1n) is 8.37. The van der Waals surface area contributed by atoms with Crippen molar-refractivity contribution in [3.8, 4) is 0 Å². The van der Waals surface area contributed by atoms with Crippen molar-refractivity contribution in [1.82, 2.24) is 10.2 Å². The molecule has 0 spiro atoms. The van der Waals surface area contributed by atoms with Crippen LogP contribution < -0.4 is 5.32 Å². The third-order valence-corrected chi connectivity index (χ3v) is 4.84. The monoisotopic (exact) mass is 356 g/mol. The first kappa shape index (κ1) is 17.5. The molecule has 130 valence electrons. The number of amides is 2. The van der Waals surface area contributed by atoms with Crippen LogP contribution in [0, 0.1) is 12.8 Å². The van der Waals surface area contributed by atoms with Gasteiger partial charge in [-0.1, -0.05) is 48.0 Å². The Morgan fingerprint density at radius 1 is 1.20 bits per heavy atom. The van der Waals surface area contributed by atoms with E-state index in [1.165, 1.54) is 0 Å². The van der Waals surface area contributed by atoms with Gasteiger partial charge in [-0.2, -0.15) is 0 Å². The number of likely N-dealkylation sites (tertiary alicyclic amines) is 1. The van der Waals surface area contributed by atoms with Crippen molar-refractivity contribution in [3.63, 3.8) is 0 Å². The zero-order valence-electron chi connectivity index (χ0n) is 14.2. The Labute approximate surface area is 152 Å². The second-order valence-electron chi connectivity index (χ2n) is 6.45. The summed E-state index contributed by atoms with van der Waals surface area (Å²) in [6.07, 6.45) is 0.271. The number of carbonyl (C=O) groups excluding carboxylic acids is 2. The molecule has 0 aliphatic carbocycles. The van der Waals surface area contributed by atoms with Gasteiger partial charge in [-0.3, -0.25) is 9.59 Å². The Balaban J connectivity index is 1.55. The van der Waals surface area contributed by atoms with E-state index in [9.17, 15) is 9.59 Å². The summed E-state index contributed by atoms with van der Waals surface area (Å²) in [6, 6.07) is 15.4. The van der Waals surface area contributed by atoms with Crippen LogP contribution >= 0.6 is 11.6 Å². The molecule has 1 aliphatic rings. The summed E-state index contributed by atoms with van der Waals surface area (Å²) in [6.45, 7) is 3.49. The predicted octanol–water partition coefficient (Wildman–Crippen LogP) is 3.31. The van der Waals surface area contributed by atoms with Gasteiger partial charge >= 0.3 is 0 Å². The second-order valence-corrected chi connectivity index (χ2v) is 6.88. The van der Waals surface area contributed by atoms with Crippen LogP contribution in [0.5, 0.6) is 0 Å². The van der Waals surface area contributed by atoms with Crippen molar-refractivity contribution in [2.45, 2.75) is 26.4 Å². The van der Waals surface area contributed by atoms with Gasteiger partial charge in [-0.15, -0.1) is 0 Å². The number of aryl methyl sites for hydroxylation is 1. The highest BCUT2D eigenvalue weighted by Gasteiger charge is 2.34. The molecule has 25 heavy (non-hydrogen) atoms. The highest BCUT2D eigenvalue weighted by Crippen LogP contribution is 2.21. The fourth-order valence-corrected chi connectivity index (χ4v) is 3.17. The molecule has 1 heterocycles. The van der Waals surface area contributed by atoms with Crippen LogP contribution in [0.3, 0.4) is 0 Å². The van der Waals surface area contributed by atoms with Crippen molar-refractivity contribution in [1.29, 1.82) is 0 Å². The van der Waals surface area contributed by atoms with Crippen molar-refractivity contribution < 1.29 is 9.59 Å². The molecule has 2 aromatic carbocycles. The summed E-state index contributed by atoms with van der Waals surface area (Å²) in [7, 11) is 0. The van der Waals surface area contributed by atoms with Crippen LogP contribution in [0.1, 0.15) is 23.1 Å². The van der Waals surface area contributed by atoms with E-state index in [1.807, 2.05) is 55.5 Å². The Kier molecular flexibility index (Phi) is 5.39. The maximum absolute atomic E-state index is 12.4. The van der Waals surface area contributed by atoms with E-state index in [-0.39, 0.29) is 24.2 Å². The minimum Gasteiger partial charge on any atom is -0.352 e. The molecule has 0 radical (unpaired) electrons. The quantitative estimate of drug-likeness (QED) is 0.893. The molecule has 5 heteroatoms. The zero-order chi connectivity index (χ0) is 17.8. The van der Waals surface area contributed by atoms with Crippen LogP contribution in [-0.2, 0) is 22.7 Å². The van der Waals surface area contributed by atoms with Gasteiger partial charge in [-0.05, 0) is 35.7 Å². The first-order valence-corrected chi connectivity index (χ1v) is 8.75. The minimum absolute atomic E-state index is 0.0194. The number of nitrogens with zero attached hydrogens (tertiary/aromatic N) is 1. The fourth-order valence-electron chi connectivity index (χ4n) is 3.05. The molecule has 1 N–H and O–H groups in total. The summed E-state index contributed by atoms with van der Waals surface area (Å²) in [5.41, 5.74) is 3.26. The molecule has 1 saturated heterocycles. The molecule has 2 amide bonds. The van der Waals surface area contributed by atoms with Crippen LogP contribution in [0.4, 0.5) is 0 Å². The van der Waals surface area contributed by atoms with E-state index in [4.69, 9.17) is 11.6 Å². The molecule has 3 rings (SSSR count). The lowest BCUT2D eigenvalue weighted by Crippen LogP contribution is -2.32. The molecular weight excluding hydrogens is 336 g/mol. The fraction of sp³-hybridized carbons (Fsp3) is 0.300. The smallest absolute Gasteiger partial charge is 0.225 e. The molecule has 0 aromatic heterocycles. The van der Waals surface area contributed by atoms with E-state index in [2.05, 4.69) is 5.32 Å². The topological polar surface area (TPSA) is 49.4 Å². The lowest BCUT2D eigenvalue weighted by atomic mass is 10.1. The molecule has 0 bridgehead atoms. The molecule has 1 unspecified atom stereocenters. The maximum atomic E-state index is 12.4. The number of benzene rings is 2. The molecular formula is C20H21ClN2O2. The summed E-state index contributed by atoms with van der Waals surface area (Å²) < 4.78 is 0. The highest BCUT2D eigenvalue weighted by molar-refractivity contribution is 6.30. The van der Waals surface area contributed by atoms with Gasteiger partial charge in [0.25, 0.3) is 0 Å². The van der Waals surface area contributed by atoms with Gasteiger partial charge in [0.2, 0.25) is 11.8 Å². The van der Waals surface area contributed by atoms with Crippen LogP contribution in [0.25, 0.3) is 0 Å². The third kappa shape index (κ3) is 4.40. The number of nitrogens with one attached hydrogen (secondary N) is 1. The number of rotatable bonds is 5. The van der Waals surface area contributed by atoms with Crippen molar-refractivity contribution >= 4 is 23.4 Å². The first-order chi connectivity index (χ1) is 12.0. The van der Waals surface area contributed by atoms with Gasteiger partial charge < -0.3 is 10.2 Å². The van der Waals surface area contributed by atoms with E-state index in [0.717, 1.165) is 16.7 Å². The molecule has 1 aliphatic heterocycles. The van der Waals surface area contributed by atoms with E-state index >= 15 is 0 Å². The standard InChI is InChI=1S/C20H21ClN2O2/c1-14-4-2-3-5-16(14)11-22-20(25)17-10-19(24)23(13-17)12-15-6-8-18(21)9-7-15/h2-9,17H,10-13H2,1H3,(H,22,25). The number of hydrogen-bond donors (Lipinski definition) is 1. The summed E-state index contributed by atoms with van der Waals surface area (Å²) in [5, 5.41) is 3.63. The average molecular weight is 357 g/mol. The van der Waals surface area contributed by atoms with E-state index in [1.54, 1.807) is 4.90 Å². The van der Waals surface area contributed by atoms with E-state index < -0.39 is 0 Å². The Bertz CT molecular complexity index is 774. The van der Waals surface area contributed by atoms with Crippen molar-refractivity contribution in [2.24, 2.45) is 5.92 Å². The van der Waals surface area contributed by atoms with Crippen molar-refractivity contribution in [3.05, 3.63) is 70.2 Å². The Hall–Kier alpha value is -2.33. The van der Waals surface area contributed by atoms with Gasteiger partial charge in [0.05, 0.1) is 5.92 Å². The zero-order valence-corrected chi connectivity index (χ0v) is 14.9. The molecule has 1 fully saturated rings. The number of hydrogen-bond acceptors (Lipinski definition) is 2. The van der Waals surface area contributed by atoms with Gasteiger partial charge in [0.15, 0.2) is 0 Å². The maximum Gasteiger partial charge on any atom is 0.225 e. The van der Waals surface area contributed by atoms with Gasteiger partial charge in [0, 0.05) is 31.1 Å². The average Bonchev–Trinajstić information content (AvgIpc) is 2.97. The molecule has 0 saturated carbocycles. The van der Waals surface area contributed by atoms with Crippen LogP contribution in [-0.4, -0.2) is 23.3 Å². The number of halogens is 1. The van der Waals surface area contributed by atoms with Gasteiger partial charge in [-0.25, -0.2) is 0 Å². The van der Waals surface area contributed by atoms with Crippen LogP contribution in [0.2, 0.25) is 5.02 Å². The normalized spacial score (nSPS) is 17.0. The second kappa shape index (κ2) is 7.70. The van der Waals surface area contributed by atoms with Gasteiger partial charge in [0.1, 0.15) is 0 Å². The highest BCUT2D eigenvalue weighted by atomic mass is 35.5. The molecule has 1 atom stereocenters. The predicted molar refractivity (Wildman–Crippen MR) is 98.0 cm³/mol. The molecule has 2 aromatic rings. The summed E-state index contributed by atoms with van der Waals surface area (Å²) >= 11 is 5.88. The van der Waals surface area contributed by atoms with Crippen molar-refractivity contribution in [2.75, 3.05) is 6.54 Å². The third-order valence-electron chi connectivity index (χ3n) is 4.59. The van der Waals surface area contributed by atoms with Crippen LogP contribution in [0.15, 0.2) is 48.5 Å². The largest absolute Gasteiger partial charge is 0.352 e. The van der Waals surface area contributed by atoms with E-state index in [0.29, 0.717) is 24.7 Å². The Morgan fingerprint density at radius 2 is 1.92 bits per heavy atom. The summed E-state index contributed by atoms with van der Waals surface area (Å²) in [4.78, 5) is 26.4. The lowest BCUT2D eigenvalue weighted by molar-refractivity contribution is -0.129. The summed E-state index contributed by atoms with van der Waals surface area (Å²) in [5.74, 6) is -0.329. The minimum atomic E-state index is -0.288. The lowest BCUT2D eigenvalue weighted by Gasteiger charge is -2.17. The molecule has 4 nitrogen and oxygen atoms in total. The number of carbonyl (C=O) groups is 2. The SMILES string of the molecule is Cc1ccccc1CNC(=O)C1CC(=O)N(Cc2ccc(Cl)cc2)C1. The Morgan fingerprint density at radius 3 is 2.64 bits per heavy atom.